The van der Waals surface area contributed by atoms with Crippen LogP contribution < -0.4 is 10.6 Å². The summed E-state index contributed by atoms with van der Waals surface area (Å²) in [5.74, 6) is 2.74. The number of aryl methyl sites for hydroxylation is 1. The van der Waals surface area contributed by atoms with Crippen molar-refractivity contribution in [1.29, 1.82) is 5.26 Å². The van der Waals surface area contributed by atoms with Crippen LogP contribution in [0.1, 0.15) is 31.4 Å². The molecule has 0 spiro atoms. The number of hydrogen-bond acceptors (Lipinski definition) is 6. The van der Waals surface area contributed by atoms with Gasteiger partial charge < -0.3 is 10.6 Å². The molecule has 3 aromatic heterocycles. The van der Waals surface area contributed by atoms with Gasteiger partial charge in [-0.25, -0.2) is 4.98 Å². The highest BCUT2D eigenvalue weighted by Gasteiger charge is 2.25. The van der Waals surface area contributed by atoms with Crippen molar-refractivity contribution in [3.8, 4) is 6.07 Å². The summed E-state index contributed by atoms with van der Waals surface area (Å²) in [5.41, 5.74) is 1.87. The maximum atomic E-state index is 8.91. The molecule has 4 rings (SSSR count). The normalized spacial score (nSPS) is 19.4. The summed E-state index contributed by atoms with van der Waals surface area (Å²) in [7, 11) is 0. The maximum Gasteiger partial charge on any atom is 0.153 e. The molecule has 1 fully saturated rings. The summed E-state index contributed by atoms with van der Waals surface area (Å²) in [6, 6.07) is 10.4. The van der Waals surface area contributed by atoms with Crippen molar-refractivity contribution in [1.82, 2.24) is 20.2 Å². The molecule has 132 valence electrons. The molecule has 3 aromatic rings. The van der Waals surface area contributed by atoms with Crippen molar-refractivity contribution < 1.29 is 0 Å². The van der Waals surface area contributed by atoms with E-state index in [1.807, 2.05) is 31.2 Å². The van der Waals surface area contributed by atoms with Crippen molar-refractivity contribution in [3.63, 3.8) is 0 Å². The molecule has 0 unspecified atom stereocenters. The Hall–Kier alpha value is -3.14. The molecular formula is C19H21N7. The van der Waals surface area contributed by atoms with Crippen LogP contribution in [0.3, 0.4) is 0 Å². The van der Waals surface area contributed by atoms with Crippen LogP contribution in [0.2, 0.25) is 0 Å². The van der Waals surface area contributed by atoms with Crippen LogP contribution in [-0.4, -0.2) is 26.2 Å². The molecule has 1 saturated carbocycles. The first-order valence-electron chi connectivity index (χ1n) is 8.89. The second-order valence-corrected chi connectivity index (χ2v) is 6.87. The molecule has 1 aliphatic rings. The fourth-order valence-electron chi connectivity index (χ4n) is 3.58. The molecule has 7 heteroatoms. The zero-order valence-electron chi connectivity index (χ0n) is 14.7. The molecule has 26 heavy (non-hydrogen) atoms. The van der Waals surface area contributed by atoms with E-state index in [0.29, 0.717) is 24.2 Å². The number of anilines is 3. The first kappa shape index (κ1) is 16.3. The molecule has 0 radical (unpaired) electrons. The van der Waals surface area contributed by atoms with Gasteiger partial charge in [0.25, 0.3) is 0 Å². The SMILES string of the molecule is Cc1cc(Nc2cc3ncccc3c(N[C@@H]3CC[C@@H](CC#N)C3)n2)n[nH]1. The molecule has 2 atom stereocenters. The van der Waals surface area contributed by atoms with Gasteiger partial charge in [-0.15, -0.1) is 0 Å². The highest BCUT2D eigenvalue weighted by atomic mass is 15.2. The first-order chi connectivity index (χ1) is 12.7. The lowest BCUT2D eigenvalue weighted by Crippen LogP contribution is -2.17. The molecule has 3 N–H and O–H groups in total. The van der Waals surface area contributed by atoms with E-state index in [4.69, 9.17) is 10.2 Å². The quantitative estimate of drug-likeness (QED) is 0.647. The average Bonchev–Trinajstić information content (AvgIpc) is 3.24. The Morgan fingerprint density at radius 3 is 3.04 bits per heavy atom. The molecule has 0 bridgehead atoms. The maximum absolute atomic E-state index is 8.91. The lowest BCUT2D eigenvalue weighted by Gasteiger charge is -2.16. The second-order valence-electron chi connectivity index (χ2n) is 6.87. The third-order valence-electron chi connectivity index (χ3n) is 4.82. The Kier molecular flexibility index (Phi) is 4.40. The number of hydrogen-bond donors (Lipinski definition) is 3. The molecule has 0 aliphatic heterocycles. The van der Waals surface area contributed by atoms with Crippen molar-refractivity contribution in [2.45, 2.75) is 38.6 Å². The van der Waals surface area contributed by atoms with Gasteiger partial charge in [-0.3, -0.25) is 10.1 Å². The summed E-state index contributed by atoms with van der Waals surface area (Å²) in [6.45, 7) is 1.96. The first-order valence-corrected chi connectivity index (χ1v) is 8.89. The number of nitrogens with one attached hydrogen (secondary N) is 3. The van der Waals surface area contributed by atoms with Crippen LogP contribution in [-0.2, 0) is 0 Å². The Labute approximate surface area is 151 Å². The van der Waals surface area contributed by atoms with Gasteiger partial charge in [0.15, 0.2) is 5.82 Å². The van der Waals surface area contributed by atoms with E-state index in [1.54, 1.807) is 6.20 Å². The molecule has 0 amide bonds. The number of aromatic nitrogens is 4. The number of nitrogens with zero attached hydrogens (tertiary/aromatic N) is 4. The summed E-state index contributed by atoms with van der Waals surface area (Å²) in [4.78, 5) is 9.24. The van der Waals surface area contributed by atoms with E-state index in [1.165, 1.54) is 0 Å². The van der Waals surface area contributed by atoms with Crippen LogP contribution in [0.15, 0.2) is 30.5 Å². The Morgan fingerprint density at radius 1 is 1.31 bits per heavy atom. The zero-order chi connectivity index (χ0) is 17.9. The minimum atomic E-state index is 0.340. The van der Waals surface area contributed by atoms with E-state index < -0.39 is 0 Å². The second kappa shape index (κ2) is 7.00. The lowest BCUT2D eigenvalue weighted by atomic mass is 10.1. The summed E-state index contributed by atoms with van der Waals surface area (Å²) in [6.07, 6.45) is 5.58. The highest BCUT2D eigenvalue weighted by Crippen LogP contribution is 2.32. The number of nitriles is 1. The minimum Gasteiger partial charge on any atom is -0.367 e. The van der Waals surface area contributed by atoms with Gasteiger partial charge in [0.2, 0.25) is 0 Å². The Morgan fingerprint density at radius 2 is 2.23 bits per heavy atom. The van der Waals surface area contributed by atoms with Crippen molar-refractivity contribution in [2.75, 3.05) is 10.6 Å². The van der Waals surface area contributed by atoms with E-state index in [-0.39, 0.29) is 0 Å². The highest BCUT2D eigenvalue weighted by molar-refractivity contribution is 5.91. The summed E-state index contributed by atoms with van der Waals surface area (Å²) >= 11 is 0. The van der Waals surface area contributed by atoms with Crippen molar-refractivity contribution >= 4 is 28.4 Å². The summed E-state index contributed by atoms with van der Waals surface area (Å²) in [5, 5.41) is 23.8. The Bertz CT molecular complexity index is 956. The number of aromatic amines is 1. The van der Waals surface area contributed by atoms with Gasteiger partial charge in [-0.1, -0.05) is 0 Å². The predicted molar refractivity (Wildman–Crippen MR) is 101 cm³/mol. The topological polar surface area (TPSA) is 102 Å². The number of H-pyrrole nitrogens is 1. The van der Waals surface area contributed by atoms with Crippen LogP contribution in [0.4, 0.5) is 17.5 Å². The lowest BCUT2D eigenvalue weighted by molar-refractivity contribution is 0.556. The fourth-order valence-corrected chi connectivity index (χ4v) is 3.58. The minimum absolute atomic E-state index is 0.340. The van der Waals surface area contributed by atoms with Crippen molar-refractivity contribution in [3.05, 3.63) is 36.2 Å². The molecule has 3 heterocycles. The standard InChI is InChI=1S/C19H21N7/c1-12-9-18(26-25-12)23-17-11-16-15(3-2-8-21-16)19(24-17)22-14-5-4-13(10-14)6-7-20/h2-3,8-9,11,13-14H,4-6,10H2,1H3,(H3,22,23,24,25,26)/t13-,14+/m0/s1. The smallest absolute Gasteiger partial charge is 0.153 e. The summed E-state index contributed by atoms with van der Waals surface area (Å²) < 4.78 is 0. The van der Waals surface area contributed by atoms with E-state index in [2.05, 4.69) is 31.9 Å². The zero-order valence-corrected chi connectivity index (χ0v) is 14.7. The number of rotatable bonds is 5. The van der Waals surface area contributed by atoms with Crippen LogP contribution in [0, 0.1) is 24.2 Å². The van der Waals surface area contributed by atoms with Gasteiger partial charge in [0.1, 0.15) is 11.6 Å². The van der Waals surface area contributed by atoms with Gasteiger partial charge in [0.05, 0.1) is 11.6 Å². The predicted octanol–water partition coefficient (Wildman–Crippen LogP) is 3.90. The third kappa shape index (κ3) is 3.45. The molecule has 0 aromatic carbocycles. The van der Waals surface area contributed by atoms with Crippen molar-refractivity contribution in [2.24, 2.45) is 5.92 Å². The van der Waals surface area contributed by atoms with E-state index >= 15 is 0 Å². The molecule has 1 aliphatic carbocycles. The molecular weight excluding hydrogens is 326 g/mol. The van der Waals surface area contributed by atoms with E-state index in [9.17, 15) is 0 Å². The fraction of sp³-hybridized carbons (Fsp3) is 0.368. The average molecular weight is 347 g/mol. The molecule has 0 saturated heterocycles. The number of fused-ring (bicyclic) bond motifs is 1. The van der Waals surface area contributed by atoms with Crippen LogP contribution in [0.25, 0.3) is 10.9 Å². The third-order valence-corrected chi connectivity index (χ3v) is 4.82. The van der Waals surface area contributed by atoms with E-state index in [0.717, 1.165) is 47.5 Å². The van der Waals surface area contributed by atoms with Gasteiger partial charge in [-0.05, 0) is 44.2 Å². The van der Waals surface area contributed by atoms with Crippen LogP contribution in [0.5, 0.6) is 0 Å². The molecule has 7 nitrogen and oxygen atoms in total. The number of pyridine rings is 2. The monoisotopic (exact) mass is 347 g/mol. The Balaban J connectivity index is 1.61. The van der Waals surface area contributed by atoms with Gasteiger partial charge >= 0.3 is 0 Å². The van der Waals surface area contributed by atoms with Gasteiger partial charge in [-0.2, -0.15) is 10.4 Å². The van der Waals surface area contributed by atoms with Gasteiger partial charge in [0, 0.05) is 41.9 Å². The largest absolute Gasteiger partial charge is 0.367 e. The van der Waals surface area contributed by atoms with Crippen LogP contribution >= 0.6 is 0 Å².